The summed E-state index contributed by atoms with van der Waals surface area (Å²) in [4.78, 5) is 34.6. The summed E-state index contributed by atoms with van der Waals surface area (Å²) in [6.07, 6.45) is 44.4. The van der Waals surface area contributed by atoms with Gasteiger partial charge in [0.1, 0.15) is 12.2 Å². The normalized spacial score (nSPS) is 13.9. The van der Waals surface area contributed by atoms with E-state index in [-0.39, 0.29) is 12.8 Å². The topological polar surface area (TPSA) is 149 Å². The van der Waals surface area contributed by atoms with Crippen molar-refractivity contribution in [3.63, 3.8) is 0 Å². The zero-order valence-electron chi connectivity index (χ0n) is 37.3. The molecule has 58 heavy (non-hydrogen) atoms. The van der Waals surface area contributed by atoms with Crippen molar-refractivity contribution in [1.82, 2.24) is 0 Å². The van der Waals surface area contributed by atoms with Crippen molar-refractivity contribution in [2.24, 2.45) is 0 Å². The van der Waals surface area contributed by atoms with Gasteiger partial charge >= 0.3 is 19.8 Å². The zero-order valence-corrected chi connectivity index (χ0v) is 38.2. The van der Waals surface area contributed by atoms with Crippen molar-refractivity contribution in [2.45, 2.75) is 238 Å². The van der Waals surface area contributed by atoms with Gasteiger partial charge < -0.3 is 24.6 Å². The Bertz CT molecular complexity index is 1020. The lowest BCUT2D eigenvalue weighted by atomic mass is 10.0. The maximum Gasteiger partial charge on any atom is 0.472 e. The van der Waals surface area contributed by atoms with E-state index >= 15 is 0 Å². The summed E-state index contributed by atoms with van der Waals surface area (Å²) >= 11 is 0. The summed E-state index contributed by atoms with van der Waals surface area (Å²) in [7, 11) is -4.64. The maximum absolute atomic E-state index is 12.4. The average Bonchev–Trinajstić information content (AvgIpc) is 3.21. The molecular formula is C47H89O10P. The summed E-state index contributed by atoms with van der Waals surface area (Å²) in [6.45, 7) is 2.20. The van der Waals surface area contributed by atoms with Gasteiger partial charge in [-0.05, 0) is 44.9 Å². The largest absolute Gasteiger partial charge is 0.472 e. The highest BCUT2D eigenvalue weighted by Gasteiger charge is 2.27. The molecule has 0 radical (unpaired) electrons. The summed E-state index contributed by atoms with van der Waals surface area (Å²) < 4.78 is 32.6. The highest BCUT2D eigenvalue weighted by atomic mass is 31.2. The van der Waals surface area contributed by atoms with Crippen LogP contribution in [0.25, 0.3) is 0 Å². The number of esters is 2. The SMILES string of the molecule is CCCCC/C=C\C/C=C\CCCCCCCC(=O)OC(CO)COP(=O)(O)OCC(CO)OC(=O)CCCCCCCCCCCCCCCCCCCCCC. The second-order valence-corrected chi connectivity index (χ2v) is 17.6. The molecule has 0 aliphatic carbocycles. The second kappa shape index (κ2) is 43.5. The van der Waals surface area contributed by atoms with Crippen molar-refractivity contribution >= 4 is 19.8 Å². The van der Waals surface area contributed by atoms with Crippen LogP contribution in [0.2, 0.25) is 0 Å². The van der Waals surface area contributed by atoms with Gasteiger partial charge in [0.25, 0.3) is 0 Å². The smallest absolute Gasteiger partial charge is 0.457 e. The lowest BCUT2D eigenvalue weighted by Crippen LogP contribution is -2.28. The Kier molecular flexibility index (Phi) is 42.4. The van der Waals surface area contributed by atoms with Gasteiger partial charge in [-0.15, -0.1) is 0 Å². The molecule has 3 unspecified atom stereocenters. The minimum Gasteiger partial charge on any atom is -0.457 e. The van der Waals surface area contributed by atoms with Gasteiger partial charge in [0.2, 0.25) is 0 Å². The number of hydrogen-bond acceptors (Lipinski definition) is 9. The molecule has 3 atom stereocenters. The van der Waals surface area contributed by atoms with Gasteiger partial charge in [-0.3, -0.25) is 18.6 Å². The molecule has 0 fully saturated rings. The van der Waals surface area contributed by atoms with Gasteiger partial charge in [0.15, 0.2) is 0 Å². The Morgan fingerprint density at radius 2 is 0.759 bits per heavy atom. The average molecular weight is 845 g/mol. The van der Waals surface area contributed by atoms with Gasteiger partial charge in [0.05, 0.1) is 26.4 Å². The molecule has 0 saturated heterocycles. The van der Waals surface area contributed by atoms with Crippen LogP contribution in [-0.4, -0.2) is 65.7 Å². The lowest BCUT2D eigenvalue weighted by molar-refractivity contribution is -0.153. The van der Waals surface area contributed by atoms with Crippen molar-refractivity contribution in [2.75, 3.05) is 26.4 Å². The molecule has 0 rings (SSSR count). The van der Waals surface area contributed by atoms with Gasteiger partial charge in [-0.1, -0.05) is 192 Å². The Morgan fingerprint density at radius 1 is 0.466 bits per heavy atom. The first kappa shape index (κ1) is 56.5. The third kappa shape index (κ3) is 41.2. The Morgan fingerprint density at radius 3 is 1.10 bits per heavy atom. The molecule has 0 aliphatic heterocycles. The molecule has 10 nitrogen and oxygen atoms in total. The molecule has 342 valence electrons. The predicted molar refractivity (Wildman–Crippen MR) is 238 cm³/mol. The first-order valence-corrected chi connectivity index (χ1v) is 25.3. The highest BCUT2D eigenvalue weighted by molar-refractivity contribution is 7.47. The van der Waals surface area contributed by atoms with E-state index in [9.17, 15) is 29.3 Å². The number of allylic oxidation sites excluding steroid dienone is 4. The van der Waals surface area contributed by atoms with Crippen LogP contribution >= 0.6 is 7.82 Å². The molecule has 11 heteroatoms. The van der Waals surface area contributed by atoms with Crippen LogP contribution in [0.4, 0.5) is 0 Å². The Labute approximate surface area is 355 Å². The van der Waals surface area contributed by atoms with Crippen LogP contribution in [0, 0.1) is 0 Å². The van der Waals surface area contributed by atoms with Crippen molar-refractivity contribution < 1.29 is 47.8 Å². The van der Waals surface area contributed by atoms with E-state index in [1.165, 1.54) is 122 Å². The third-order valence-electron chi connectivity index (χ3n) is 10.4. The van der Waals surface area contributed by atoms with Crippen LogP contribution in [-0.2, 0) is 32.7 Å². The number of rotatable bonds is 45. The molecule has 0 heterocycles. The Balaban J connectivity index is 3.85. The van der Waals surface area contributed by atoms with Gasteiger partial charge in [0, 0.05) is 12.8 Å². The van der Waals surface area contributed by atoms with E-state index in [0.29, 0.717) is 12.8 Å². The molecule has 0 bridgehead atoms. The number of ether oxygens (including phenoxy) is 2. The fourth-order valence-corrected chi connectivity index (χ4v) is 7.52. The first-order chi connectivity index (χ1) is 28.3. The van der Waals surface area contributed by atoms with E-state index in [0.717, 1.165) is 64.2 Å². The number of aliphatic hydroxyl groups excluding tert-OH is 2. The number of carbonyl (C=O) groups is 2. The molecule has 0 spiro atoms. The molecule has 0 aromatic rings. The van der Waals surface area contributed by atoms with E-state index in [1.54, 1.807) is 0 Å². The quantitative estimate of drug-likeness (QED) is 0.0234. The summed E-state index contributed by atoms with van der Waals surface area (Å²) in [5.74, 6) is -1.02. The van der Waals surface area contributed by atoms with Crippen molar-refractivity contribution in [3.8, 4) is 0 Å². The highest BCUT2D eigenvalue weighted by Crippen LogP contribution is 2.43. The number of carbonyl (C=O) groups excluding carboxylic acids is 2. The standard InChI is InChI=1S/C47H89O10P/c1-3-5-7-9-11-13-15-17-19-20-21-22-23-25-27-29-31-33-35-37-39-47(51)57-45(41-49)43-55-58(52,53)54-42-44(40-48)56-46(50)38-36-34-32-30-28-26-24-18-16-14-12-10-8-6-4-2/h12,14,18,24,44-45,48-49H,3-11,13,15-17,19-23,25-43H2,1-2H3,(H,52,53)/b14-12-,24-18-. The molecule has 0 aromatic heterocycles. The predicted octanol–water partition coefficient (Wildman–Crippen LogP) is 13.0. The number of hydrogen-bond donors (Lipinski definition) is 3. The van der Waals surface area contributed by atoms with E-state index in [2.05, 4.69) is 38.2 Å². The van der Waals surface area contributed by atoms with Crippen LogP contribution in [0.15, 0.2) is 24.3 Å². The first-order valence-electron chi connectivity index (χ1n) is 23.8. The summed E-state index contributed by atoms with van der Waals surface area (Å²) in [5, 5.41) is 19.2. The summed E-state index contributed by atoms with van der Waals surface area (Å²) in [5.41, 5.74) is 0. The zero-order chi connectivity index (χ0) is 42.6. The molecular weight excluding hydrogens is 755 g/mol. The van der Waals surface area contributed by atoms with Crippen molar-refractivity contribution in [1.29, 1.82) is 0 Å². The van der Waals surface area contributed by atoms with Crippen LogP contribution in [0.5, 0.6) is 0 Å². The van der Waals surface area contributed by atoms with E-state index in [1.807, 2.05) is 0 Å². The molecule has 3 N–H and O–H groups in total. The van der Waals surface area contributed by atoms with E-state index < -0.39 is 58.4 Å². The van der Waals surface area contributed by atoms with Crippen molar-refractivity contribution in [3.05, 3.63) is 24.3 Å². The maximum atomic E-state index is 12.4. The fraction of sp³-hybridized carbons (Fsp3) is 0.872. The number of unbranched alkanes of at least 4 members (excludes halogenated alkanes) is 27. The minimum absolute atomic E-state index is 0.178. The van der Waals surface area contributed by atoms with Crippen LogP contribution in [0.3, 0.4) is 0 Å². The van der Waals surface area contributed by atoms with Crippen LogP contribution < -0.4 is 0 Å². The lowest BCUT2D eigenvalue weighted by Gasteiger charge is -2.20. The molecule has 0 amide bonds. The monoisotopic (exact) mass is 845 g/mol. The third-order valence-corrected chi connectivity index (χ3v) is 11.4. The van der Waals surface area contributed by atoms with Crippen LogP contribution in [0.1, 0.15) is 226 Å². The fourth-order valence-electron chi connectivity index (χ4n) is 6.73. The molecule has 0 saturated carbocycles. The number of aliphatic hydroxyl groups is 2. The minimum atomic E-state index is -4.64. The summed E-state index contributed by atoms with van der Waals surface area (Å²) in [6, 6.07) is 0. The molecule has 0 aliphatic rings. The van der Waals surface area contributed by atoms with Gasteiger partial charge in [-0.2, -0.15) is 0 Å². The number of phosphoric acid groups is 1. The van der Waals surface area contributed by atoms with Gasteiger partial charge in [-0.25, -0.2) is 4.57 Å². The Hall–Kier alpha value is -1.55. The van der Waals surface area contributed by atoms with E-state index in [4.69, 9.17) is 18.5 Å². The second-order valence-electron chi connectivity index (χ2n) is 16.1. The molecule has 0 aromatic carbocycles. The number of phosphoric ester groups is 1.